The fraction of sp³-hybridized carbons (Fsp3) is 0.0645. The van der Waals surface area contributed by atoms with Gasteiger partial charge in [0.15, 0.2) is 0 Å². The lowest BCUT2D eigenvalue weighted by Crippen LogP contribution is -2.37. The molecule has 0 radical (unpaired) electrons. The van der Waals surface area contributed by atoms with Crippen molar-refractivity contribution >= 4 is 23.1 Å². The fourth-order valence-electron chi connectivity index (χ4n) is 4.22. The Morgan fingerprint density at radius 3 is 2.06 bits per heavy atom. The lowest BCUT2D eigenvalue weighted by Gasteiger charge is -2.15. The smallest absolute Gasteiger partial charge is 0.252 e. The van der Waals surface area contributed by atoms with E-state index in [0.717, 1.165) is 39.4 Å². The number of para-hydroxylation sites is 1. The molecule has 4 nitrogen and oxygen atoms in total. The average molecular weight is 457 g/mol. The van der Waals surface area contributed by atoms with Crippen LogP contribution in [0.4, 0.5) is 0 Å². The molecule has 1 atom stereocenters. The molecular formula is C31H24N2O2. The van der Waals surface area contributed by atoms with Gasteiger partial charge in [-0.15, -0.1) is 0 Å². The van der Waals surface area contributed by atoms with Gasteiger partial charge in [0.05, 0.1) is 22.8 Å². The van der Waals surface area contributed by atoms with Crippen LogP contribution in [0.2, 0.25) is 0 Å². The first kappa shape index (κ1) is 22.2. The zero-order valence-corrected chi connectivity index (χ0v) is 19.1. The topological polar surface area (TPSA) is 59.1 Å². The minimum atomic E-state index is -0.620. The summed E-state index contributed by atoms with van der Waals surface area (Å²) in [6.45, 7) is 0. The Hall–Kier alpha value is -4.57. The number of amides is 1. The van der Waals surface area contributed by atoms with E-state index in [1.165, 1.54) is 0 Å². The summed E-state index contributed by atoms with van der Waals surface area (Å²) in [6, 6.07) is 36.8. The molecule has 0 bridgehead atoms. The first-order valence-corrected chi connectivity index (χ1v) is 11.6. The van der Waals surface area contributed by atoms with Crippen molar-refractivity contribution in [3.8, 4) is 22.4 Å². The molecule has 0 aliphatic heterocycles. The molecule has 0 saturated carbocycles. The lowest BCUT2D eigenvalue weighted by atomic mass is 10.00. The molecule has 0 spiro atoms. The van der Waals surface area contributed by atoms with Crippen molar-refractivity contribution in [2.45, 2.75) is 12.5 Å². The molecule has 5 aromatic rings. The van der Waals surface area contributed by atoms with Crippen LogP contribution in [0.5, 0.6) is 0 Å². The van der Waals surface area contributed by atoms with Gasteiger partial charge in [-0.3, -0.25) is 4.79 Å². The quantitative estimate of drug-likeness (QED) is 0.301. The highest BCUT2D eigenvalue weighted by atomic mass is 16.2. The van der Waals surface area contributed by atoms with E-state index < -0.39 is 6.04 Å². The summed E-state index contributed by atoms with van der Waals surface area (Å²) in [4.78, 5) is 29.9. The van der Waals surface area contributed by atoms with Gasteiger partial charge < -0.3 is 10.1 Å². The highest BCUT2D eigenvalue weighted by molar-refractivity contribution is 6.07. The normalized spacial score (nSPS) is 11.7. The van der Waals surface area contributed by atoms with Crippen molar-refractivity contribution in [2.24, 2.45) is 0 Å². The maximum absolute atomic E-state index is 13.3. The van der Waals surface area contributed by atoms with E-state index in [2.05, 4.69) is 29.6 Å². The van der Waals surface area contributed by atoms with Gasteiger partial charge in [-0.25, -0.2) is 4.98 Å². The van der Waals surface area contributed by atoms with E-state index in [1.807, 2.05) is 84.9 Å². The van der Waals surface area contributed by atoms with Crippen LogP contribution in [-0.4, -0.2) is 23.2 Å². The molecule has 1 aromatic heterocycles. The first-order valence-electron chi connectivity index (χ1n) is 11.6. The van der Waals surface area contributed by atoms with Crippen molar-refractivity contribution < 1.29 is 9.59 Å². The van der Waals surface area contributed by atoms with Crippen molar-refractivity contribution in [1.82, 2.24) is 10.3 Å². The second kappa shape index (κ2) is 10.1. The third-order valence-electron chi connectivity index (χ3n) is 6.03. The molecule has 1 heterocycles. The molecule has 35 heavy (non-hydrogen) atoms. The first-order chi connectivity index (χ1) is 17.2. The lowest BCUT2D eigenvalue weighted by molar-refractivity contribution is -0.109. The van der Waals surface area contributed by atoms with Gasteiger partial charge in [-0.05, 0) is 35.2 Å². The molecule has 0 aliphatic carbocycles. The number of carbonyl (C=O) groups is 2. The molecule has 0 fully saturated rings. The minimum absolute atomic E-state index is 0.293. The van der Waals surface area contributed by atoms with E-state index in [0.29, 0.717) is 17.7 Å². The van der Waals surface area contributed by atoms with Crippen LogP contribution in [0.1, 0.15) is 15.9 Å². The number of pyridine rings is 1. The van der Waals surface area contributed by atoms with Crippen LogP contribution in [0, 0.1) is 0 Å². The van der Waals surface area contributed by atoms with Gasteiger partial charge in [0, 0.05) is 10.9 Å². The van der Waals surface area contributed by atoms with Crippen LogP contribution < -0.4 is 5.32 Å². The summed E-state index contributed by atoms with van der Waals surface area (Å²) in [5.41, 5.74) is 6.10. The second-order valence-electron chi connectivity index (χ2n) is 8.42. The molecule has 5 rings (SSSR count). The van der Waals surface area contributed by atoms with E-state index in [-0.39, 0.29) is 5.91 Å². The number of fused-ring (bicyclic) bond motifs is 1. The maximum atomic E-state index is 13.3. The summed E-state index contributed by atoms with van der Waals surface area (Å²) < 4.78 is 0. The molecule has 4 heteroatoms. The molecular weight excluding hydrogens is 432 g/mol. The Kier molecular flexibility index (Phi) is 6.44. The number of nitrogens with one attached hydrogen (secondary N) is 1. The standard InChI is InChI=1S/C31H24N2O2/c34-21-26(19-22-9-3-1-4-10-22)32-31(35)28-20-30(33-29-14-8-7-13-27(28)29)25-17-15-24(16-18-25)23-11-5-2-6-12-23/h1-18,20-21,26H,19H2,(H,32,35). The summed E-state index contributed by atoms with van der Waals surface area (Å²) in [7, 11) is 0. The summed E-state index contributed by atoms with van der Waals surface area (Å²) in [5.74, 6) is -0.293. The number of rotatable bonds is 7. The highest BCUT2D eigenvalue weighted by Gasteiger charge is 2.18. The van der Waals surface area contributed by atoms with Gasteiger partial charge in [0.2, 0.25) is 0 Å². The Labute approximate surface area is 204 Å². The Morgan fingerprint density at radius 1 is 0.743 bits per heavy atom. The largest absolute Gasteiger partial charge is 0.342 e. The number of hydrogen-bond acceptors (Lipinski definition) is 3. The monoisotopic (exact) mass is 456 g/mol. The molecule has 170 valence electrons. The SMILES string of the molecule is O=CC(Cc1ccccc1)NC(=O)c1cc(-c2ccc(-c3ccccc3)cc2)nc2ccccc12. The predicted octanol–water partition coefficient (Wildman–Crippen LogP) is 6.11. The average Bonchev–Trinajstić information content (AvgIpc) is 2.93. The Bertz CT molecular complexity index is 1460. The zero-order valence-electron chi connectivity index (χ0n) is 19.1. The minimum Gasteiger partial charge on any atom is -0.342 e. The van der Waals surface area contributed by atoms with E-state index in [1.54, 1.807) is 6.07 Å². The molecule has 4 aromatic carbocycles. The molecule has 1 unspecified atom stereocenters. The Morgan fingerprint density at radius 2 is 1.34 bits per heavy atom. The second-order valence-corrected chi connectivity index (χ2v) is 8.42. The third-order valence-corrected chi connectivity index (χ3v) is 6.03. The molecule has 0 saturated heterocycles. The van der Waals surface area contributed by atoms with Gasteiger partial charge in [-0.1, -0.05) is 103 Å². The van der Waals surface area contributed by atoms with Gasteiger partial charge >= 0.3 is 0 Å². The van der Waals surface area contributed by atoms with Crippen molar-refractivity contribution in [1.29, 1.82) is 0 Å². The number of benzene rings is 4. The van der Waals surface area contributed by atoms with E-state index in [9.17, 15) is 9.59 Å². The Balaban J connectivity index is 1.46. The highest BCUT2D eigenvalue weighted by Crippen LogP contribution is 2.27. The number of aromatic nitrogens is 1. The van der Waals surface area contributed by atoms with Crippen molar-refractivity contribution in [3.63, 3.8) is 0 Å². The van der Waals surface area contributed by atoms with Crippen LogP contribution in [0.3, 0.4) is 0 Å². The van der Waals surface area contributed by atoms with Crippen molar-refractivity contribution in [3.05, 3.63) is 126 Å². The number of carbonyl (C=O) groups excluding carboxylic acids is 2. The van der Waals surface area contributed by atoms with E-state index >= 15 is 0 Å². The third kappa shape index (κ3) is 5.02. The predicted molar refractivity (Wildman–Crippen MR) is 140 cm³/mol. The zero-order chi connectivity index (χ0) is 24.0. The van der Waals surface area contributed by atoms with Gasteiger partial charge in [0.25, 0.3) is 5.91 Å². The van der Waals surface area contributed by atoms with Crippen LogP contribution in [0.15, 0.2) is 115 Å². The van der Waals surface area contributed by atoms with Crippen LogP contribution >= 0.6 is 0 Å². The number of aldehydes is 1. The summed E-state index contributed by atoms with van der Waals surface area (Å²) in [5, 5.41) is 3.65. The molecule has 0 aliphatic rings. The van der Waals surface area contributed by atoms with Crippen molar-refractivity contribution in [2.75, 3.05) is 0 Å². The maximum Gasteiger partial charge on any atom is 0.252 e. The van der Waals surface area contributed by atoms with Gasteiger partial charge in [0.1, 0.15) is 6.29 Å². The summed E-state index contributed by atoms with van der Waals surface area (Å²) in [6.07, 6.45) is 1.23. The van der Waals surface area contributed by atoms with Crippen LogP contribution in [-0.2, 0) is 11.2 Å². The number of nitrogens with zero attached hydrogens (tertiary/aromatic N) is 1. The van der Waals surface area contributed by atoms with Gasteiger partial charge in [-0.2, -0.15) is 0 Å². The molecule has 1 N–H and O–H groups in total. The van der Waals surface area contributed by atoms with E-state index in [4.69, 9.17) is 4.98 Å². The van der Waals surface area contributed by atoms with Crippen LogP contribution in [0.25, 0.3) is 33.3 Å². The summed E-state index contributed by atoms with van der Waals surface area (Å²) >= 11 is 0. The molecule has 1 amide bonds. The number of hydrogen-bond donors (Lipinski definition) is 1. The fourth-order valence-corrected chi connectivity index (χ4v) is 4.22.